The van der Waals surface area contributed by atoms with E-state index in [0.29, 0.717) is 12.5 Å². The first-order chi connectivity index (χ1) is 24.9. The van der Waals surface area contributed by atoms with Gasteiger partial charge in [0.2, 0.25) is 0 Å². The zero-order chi connectivity index (χ0) is 38.2. The molecule has 3 aliphatic heterocycles. The number of nitrogens with one attached hydrogen (secondary N) is 1. The molecule has 1 N–H and O–H groups in total. The van der Waals surface area contributed by atoms with Crippen molar-refractivity contribution in [1.29, 1.82) is 0 Å². The number of halogens is 5. The molecule has 0 radical (unpaired) electrons. The molecule has 1 aromatic heterocycles. The summed E-state index contributed by atoms with van der Waals surface area (Å²) in [5.74, 6) is -1.86. The number of alkyl halides is 3. The van der Waals surface area contributed by atoms with Crippen LogP contribution in [-0.4, -0.2) is 69.7 Å². The van der Waals surface area contributed by atoms with Gasteiger partial charge in [-0.3, -0.25) is 9.47 Å². The van der Waals surface area contributed by atoms with E-state index in [2.05, 4.69) is 4.98 Å². The highest BCUT2D eigenvalue weighted by Gasteiger charge is 2.50. The maximum atomic E-state index is 15.6. The fourth-order valence-corrected chi connectivity index (χ4v) is 9.27. The van der Waals surface area contributed by atoms with Gasteiger partial charge in [-0.2, -0.15) is 18.2 Å². The lowest BCUT2D eigenvalue weighted by atomic mass is 9.72. The Hall–Kier alpha value is -4.17. The molecule has 1 amide bonds. The second-order valence-electron chi connectivity index (χ2n) is 15.1. The van der Waals surface area contributed by atoms with Gasteiger partial charge in [0.1, 0.15) is 24.5 Å². The molecular formula is C38H40F5N5O3S. The lowest BCUT2D eigenvalue weighted by Gasteiger charge is -2.50. The molecule has 4 heterocycles. The van der Waals surface area contributed by atoms with Crippen molar-refractivity contribution in [1.82, 2.24) is 19.8 Å². The maximum absolute atomic E-state index is 15.6. The molecule has 3 aliphatic rings. The van der Waals surface area contributed by atoms with Crippen LogP contribution >= 0.6 is 11.8 Å². The number of carbonyl (C=O) groups excluding carboxylic acids is 1. The van der Waals surface area contributed by atoms with Crippen LogP contribution in [0.3, 0.4) is 0 Å². The molecular weight excluding hydrogens is 702 g/mol. The zero-order valence-electron chi connectivity index (χ0n) is 30.4. The Morgan fingerprint density at radius 2 is 1.77 bits per heavy atom. The molecule has 14 heteroatoms. The summed E-state index contributed by atoms with van der Waals surface area (Å²) in [5.41, 5.74) is -3.10. The number of benzene rings is 3. The summed E-state index contributed by atoms with van der Waals surface area (Å²) in [7, 11) is 0. The number of ether oxygens (including phenoxy) is 1. The molecule has 2 saturated heterocycles. The molecule has 8 nitrogen and oxygen atoms in total. The number of aromatic nitrogens is 2. The topological polar surface area (TPSA) is 79.7 Å². The van der Waals surface area contributed by atoms with Gasteiger partial charge in [-0.1, -0.05) is 30.3 Å². The molecule has 4 atom stereocenters. The second kappa shape index (κ2) is 13.0. The molecule has 2 fully saturated rings. The summed E-state index contributed by atoms with van der Waals surface area (Å²) in [5, 5.41) is 1.48. The van der Waals surface area contributed by atoms with Crippen molar-refractivity contribution in [2.45, 2.75) is 82.4 Å². The molecule has 7 rings (SSSR count). The van der Waals surface area contributed by atoms with Gasteiger partial charge in [-0.25, -0.2) is 18.4 Å². The van der Waals surface area contributed by atoms with Crippen molar-refractivity contribution in [3.63, 3.8) is 0 Å². The molecule has 3 aromatic carbocycles. The normalized spacial score (nSPS) is 24.1. The van der Waals surface area contributed by atoms with Crippen LogP contribution in [0.25, 0.3) is 22.0 Å². The molecule has 2 unspecified atom stereocenters. The van der Waals surface area contributed by atoms with Crippen LogP contribution in [0, 0.1) is 17.0 Å². The van der Waals surface area contributed by atoms with E-state index >= 15 is 17.6 Å². The quantitative estimate of drug-likeness (QED) is 0.217. The van der Waals surface area contributed by atoms with Gasteiger partial charge in [0.25, 0.3) is 0 Å². The van der Waals surface area contributed by atoms with Gasteiger partial charge in [0.05, 0.1) is 23.2 Å². The van der Waals surface area contributed by atoms with E-state index in [1.807, 2.05) is 30.3 Å². The van der Waals surface area contributed by atoms with Crippen molar-refractivity contribution < 1.29 is 32.9 Å². The number of hydrogen-bond acceptors (Lipinski definition) is 7. The fraction of sp³-hybridized carbons (Fsp3) is 0.447. The third-order valence-electron chi connectivity index (χ3n) is 10.1. The first-order valence-corrected chi connectivity index (χ1v) is 18.2. The van der Waals surface area contributed by atoms with Crippen LogP contribution in [0.1, 0.15) is 45.7 Å². The highest BCUT2D eigenvalue weighted by atomic mass is 32.2. The van der Waals surface area contributed by atoms with Crippen molar-refractivity contribution in [3.05, 3.63) is 87.8 Å². The molecule has 0 aliphatic carbocycles. The average Bonchev–Trinajstić information content (AvgIpc) is 3.24. The van der Waals surface area contributed by atoms with Crippen molar-refractivity contribution in [2.24, 2.45) is 5.41 Å². The summed E-state index contributed by atoms with van der Waals surface area (Å²) in [4.78, 5) is 35.3. The number of amides is 1. The lowest BCUT2D eigenvalue weighted by Crippen LogP contribution is -2.66. The van der Waals surface area contributed by atoms with E-state index in [1.165, 1.54) is 9.88 Å². The van der Waals surface area contributed by atoms with Crippen LogP contribution < -0.4 is 15.9 Å². The number of thioether (sulfide) groups is 1. The van der Waals surface area contributed by atoms with E-state index in [0.717, 1.165) is 35.5 Å². The minimum atomic E-state index is -4.98. The molecule has 0 bridgehead atoms. The van der Waals surface area contributed by atoms with Gasteiger partial charge in [0.15, 0.2) is 0 Å². The van der Waals surface area contributed by atoms with Gasteiger partial charge < -0.3 is 14.9 Å². The van der Waals surface area contributed by atoms with Gasteiger partial charge in [-0.05, 0) is 64.8 Å². The third kappa shape index (κ3) is 6.52. The summed E-state index contributed by atoms with van der Waals surface area (Å²) in [6.45, 7) is 9.46. The largest absolute Gasteiger partial charge is 0.444 e. The van der Waals surface area contributed by atoms with Crippen molar-refractivity contribution in [3.8, 4) is 11.1 Å². The number of nitrogens with zero attached hydrogens (tertiary/aromatic N) is 4. The Balaban J connectivity index is 1.42. The third-order valence-corrected chi connectivity index (χ3v) is 11.5. The SMILES string of the molecule is [2H]N1CC2(CSc3c(-c4ccc(F)cc4F)c(C(F)(F)F)cc4c(N5C[C@@H](C)N(C(=O)OC(C)(C)C)[C@@H](C)C5)nc(=O)n(c34)C2)C1Cc1ccccc1. The molecule has 1 spiro atoms. The first kappa shape index (κ1) is 34.9. The number of anilines is 1. The number of carbonyl (C=O) groups is 1. The van der Waals surface area contributed by atoms with E-state index in [4.69, 9.17) is 6.15 Å². The standard InChI is InChI=1S/C38H40F5N5O3S/c1-21-16-46(17-22(2)48(21)35(50)51-36(3,4)5)33-26-15-27(38(41,42)43)30(25-12-11-24(39)14-28(25)40)32-31(26)47(34(49)45-33)19-37(20-52-32)18-44-29(37)13-23-9-7-6-8-10-23/h6-12,14-15,21-22,29,44H,13,16-20H2,1-5H3/t21-,22+,29?,37?/i/hD. The average molecular weight is 743 g/mol. The summed E-state index contributed by atoms with van der Waals surface area (Å²) in [6, 6.07) is 11.6. The van der Waals surface area contributed by atoms with Gasteiger partial charge in [-0.15, -0.1) is 11.8 Å². The molecule has 4 aromatic rings. The number of rotatable bonds is 4. The van der Waals surface area contributed by atoms with Gasteiger partial charge in [0, 0.05) is 70.9 Å². The monoisotopic (exact) mass is 742 g/mol. The second-order valence-corrected chi connectivity index (χ2v) is 16.1. The minimum Gasteiger partial charge on any atom is -0.444 e. The van der Waals surface area contributed by atoms with Gasteiger partial charge >= 0.3 is 18.0 Å². The van der Waals surface area contributed by atoms with Crippen LogP contribution in [0.2, 0.25) is 1.41 Å². The Bertz CT molecular complexity index is 2130. The highest BCUT2D eigenvalue weighted by Crippen LogP contribution is 2.52. The predicted octanol–water partition coefficient (Wildman–Crippen LogP) is 7.50. The Morgan fingerprint density at radius 3 is 2.38 bits per heavy atom. The Morgan fingerprint density at radius 1 is 1.08 bits per heavy atom. The zero-order valence-corrected chi connectivity index (χ0v) is 30.2. The van der Waals surface area contributed by atoms with Crippen molar-refractivity contribution in [2.75, 3.05) is 30.3 Å². The van der Waals surface area contributed by atoms with Crippen LogP contribution in [0.4, 0.5) is 32.6 Å². The van der Waals surface area contributed by atoms with E-state index in [-0.39, 0.29) is 59.6 Å². The summed E-state index contributed by atoms with van der Waals surface area (Å²) in [6.07, 6.45) is -5.04. The molecule has 276 valence electrons. The number of hydrogen-bond donors (Lipinski definition) is 1. The molecule has 0 saturated carbocycles. The fourth-order valence-electron chi connectivity index (χ4n) is 7.75. The first-order valence-electron chi connectivity index (χ1n) is 17.6. The van der Waals surface area contributed by atoms with Crippen molar-refractivity contribution >= 4 is 34.6 Å². The lowest BCUT2D eigenvalue weighted by molar-refractivity contribution is -0.137. The molecule has 52 heavy (non-hydrogen) atoms. The predicted molar refractivity (Wildman–Crippen MR) is 191 cm³/mol. The highest BCUT2D eigenvalue weighted by molar-refractivity contribution is 7.99. The minimum absolute atomic E-state index is 0.0229. The van der Waals surface area contributed by atoms with E-state index in [9.17, 15) is 14.0 Å². The maximum Gasteiger partial charge on any atom is 0.417 e. The summed E-state index contributed by atoms with van der Waals surface area (Å²) < 4.78 is 91.2. The van der Waals surface area contributed by atoms with Crippen LogP contribution in [0.15, 0.2) is 64.3 Å². The smallest absolute Gasteiger partial charge is 0.417 e. The van der Waals surface area contributed by atoms with Crippen LogP contribution in [0.5, 0.6) is 0 Å². The van der Waals surface area contributed by atoms with E-state index in [1.54, 1.807) is 44.4 Å². The van der Waals surface area contributed by atoms with Crippen LogP contribution in [-0.2, 0) is 23.9 Å². The van der Waals surface area contributed by atoms with E-state index < -0.39 is 69.4 Å². The Labute approximate surface area is 303 Å². The Kier molecular flexibility index (Phi) is 8.75. The summed E-state index contributed by atoms with van der Waals surface area (Å²) >= 11 is 1.09. The number of piperazine rings is 1.